The van der Waals surface area contributed by atoms with Gasteiger partial charge in [0.05, 0.1) is 17.3 Å². The maximum atomic E-state index is 13.0. The fraction of sp³-hybridized carbons (Fsp3) is 0.385. The Labute approximate surface area is 110 Å². The molecule has 0 saturated heterocycles. The smallest absolute Gasteiger partial charge is 0.337 e. The molecule has 0 heterocycles. The molecule has 5 nitrogen and oxygen atoms in total. The number of carbonyl (C=O) groups is 2. The van der Waals surface area contributed by atoms with Gasteiger partial charge in [0.25, 0.3) is 0 Å². The minimum atomic E-state index is -1.31. The van der Waals surface area contributed by atoms with Crippen molar-refractivity contribution in [3.63, 3.8) is 0 Å². The lowest BCUT2D eigenvalue weighted by molar-refractivity contribution is -0.117. The van der Waals surface area contributed by atoms with Gasteiger partial charge in [0.1, 0.15) is 5.82 Å². The average molecular weight is 268 g/mol. The zero-order valence-electron chi connectivity index (χ0n) is 10.8. The summed E-state index contributed by atoms with van der Waals surface area (Å²) in [6.07, 6.45) is 0.482. The third kappa shape index (κ3) is 4.33. The van der Waals surface area contributed by atoms with E-state index in [0.29, 0.717) is 6.42 Å². The molecule has 19 heavy (non-hydrogen) atoms. The molecule has 0 spiro atoms. The summed E-state index contributed by atoms with van der Waals surface area (Å²) in [7, 11) is 0. The first kappa shape index (κ1) is 15.1. The van der Waals surface area contributed by atoms with Crippen LogP contribution in [0.15, 0.2) is 18.2 Å². The van der Waals surface area contributed by atoms with E-state index < -0.39 is 23.7 Å². The van der Waals surface area contributed by atoms with Crippen molar-refractivity contribution < 1.29 is 19.1 Å². The lowest BCUT2D eigenvalue weighted by Crippen LogP contribution is -2.37. The number of amides is 1. The molecule has 1 rings (SSSR count). The predicted octanol–water partition coefficient (Wildman–Crippen LogP) is 1.84. The summed E-state index contributed by atoms with van der Waals surface area (Å²) in [4.78, 5) is 22.7. The number of hydrogen-bond acceptors (Lipinski definition) is 3. The molecule has 1 aromatic carbocycles. The first-order valence-corrected chi connectivity index (χ1v) is 5.90. The number of rotatable bonds is 5. The number of benzene rings is 1. The van der Waals surface area contributed by atoms with Crippen LogP contribution in [-0.2, 0) is 4.79 Å². The molecule has 1 atom stereocenters. The van der Waals surface area contributed by atoms with Crippen LogP contribution in [0, 0.1) is 11.7 Å². The van der Waals surface area contributed by atoms with Gasteiger partial charge in [-0.3, -0.25) is 4.79 Å². The molecule has 104 valence electrons. The van der Waals surface area contributed by atoms with Crippen LogP contribution in [0.3, 0.4) is 0 Å². The van der Waals surface area contributed by atoms with Crippen molar-refractivity contribution in [1.82, 2.24) is 0 Å². The van der Waals surface area contributed by atoms with Crippen LogP contribution in [0.25, 0.3) is 0 Å². The number of halogens is 1. The molecule has 0 bridgehead atoms. The maximum absolute atomic E-state index is 13.0. The molecule has 0 aliphatic heterocycles. The van der Waals surface area contributed by atoms with Crippen LogP contribution in [0.2, 0.25) is 0 Å². The number of anilines is 1. The molecule has 6 heteroatoms. The van der Waals surface area contributed by atoms with Crippen LogP contribution >= 0.6 is 0 Å². The molecule has 1 aromatic rings. The first-order valence-electron chi connectivity index (χ1n) is 5.90. The molecule has 0 saturated carbocycles. The van der Waals surface area contributed by atoms with E-state index in [-0.39, 0.29) is 17.2 Å². The molecule has 0 aromatic heterocycles. The van der Waals surface area contributed by atoms with Gasteiger partial charge in [0.2, 0.25) is 5.91 Å². The van der Waals surface area contributed by atoms with Crippen LogP contribution in [-0.4, -0.2) is 23.0 Å². The highest BCUT2D eigenvalue weighted by atomic mass is 19.1. The fourth-order valence-corrected chi connectivity index (χ4v) is 1.64. The van der Waals surface area contributed by atoms with E-state index in [2.05, 4.69) is 5.32 Å². The van der Waals surface area contributed by atoms with Crippen molar-refractivity contribution in [2.45, 2.75) is 26.3 Å². The number of nitrogens with one attached hydrogen (secondary N) is 1. The molecule has 0 fully saturated rings. The molecular weight excluding hydrogens is 251 g/mol. The van der Waals surface area contributed by atoms with Gasteiger partial charge < -0.3 is 16.2 Å². The number of aromatic carboxylic acids is 1. The Kier molecular flexibility index (Phi) is 5.00. The third-order valence-corrected chi connectivity index (χ3v) is 2.53. The van der Waals surface area contributed by atoms with E-state index in [9.17, 15) is 14.0 Å². The minimum absolute atomic E-state index is 0.0399. The van der Waals surface area contributed by atoms with Crippen molar-refractivity contribution >= 4 is 17.6 Å². The van der Waals surface area contributed by atoms with Gasteiger partial charge in [-0.25, -0.2) is 9.18 Å². The summed E-state index contributed by atoms with van der Waals surface area (Å²) in [6.45, 7) is 3.85. The van der Waals surface area contributed by atoms with E-state index in [4.69, 9.17) is 10.8 Å². The summed E-state index contributed by atoms with van der Waals surface area (Å²) >= 11 is 0. The lowest BCUT2D eigenvalue weighted by atomic mass is 10.0. The zero-order valence-corrected chi connectivity index (χ0v) is 10.8. The molecule has 1 amide bonds. The van der Waals surface area contributed by atoms with E-state index in [0.717, 1.165) is 12.1 Å². The van der Waals surface area contributed by atoms with Crippen LogP contribution in [0.5, 0.6) is 0 Å². The Morgan fingerprint density at radius 1 is 1.42 bits per heavy atom. The van der Waals surface area contributed by atoms with E-state index >= 15 is 0 Å². The Balaban J connectivity index is 2.87. The van der Waals surface area contributed by atoms with Crippen molar-refractivity contribution in [2.75, 3.05) is 5.32 Å². The summed E-state index contributed by atoms with van der Waals surface area (Å²) in [5.41, 5.74) is 5.43. The summed E-state index contributed by atoms with van der Waals surface area (Å²) < 4.78 is 13.0. The molecule has 0 radical (unpaired) electrons. The topological polar surface area (TPSA) is 92.4 Å². The second-order valence-electron chi connectivity index (χ2n) is 4.72. The highest BCUT2D eigenvalue weighted by molar-refractivity contribution is 6.02. The first-order chi connectivity index (χ1) is 8.81. The third-order valence-electron chi connectivity index (χ3n) is 2.53. The fourth-order valence-electron chi connectivity index (χ4n) is 1.64. The Hall–Kier alpha value is -1.95. The van der Waals surface area contributed by atoms with E-state index in [1.54, 1.807) is 0 Å². The number of carbonyl (C=O) groups excluding carboxylic acids is 1. The quantitative estimate of drug-likeness (QED) is 0.759. The Morgan fingerprint density at radius 2 is 2.05 bits per heavy atom. The minimum Gasteiger partial charge on any atom is -0.478 e. The van der Waals surface area contributed by atoms with Crippen LogP contribution in [0.1, 0.15) is 30.6 Å². The second kappa shape index (κ2) is 6.29. The molecule has 1 unspecified atom stereocenters. The zero-order chi connectivity index (χ0) is 14.6. The Morgan fingerprint density at radius 3 is 2.58 bits per heavy atom. The van der Waals surface area contributed by atoms with Gasteiger partial charge >= 0.3 is 5.97 Å². The molecular formula is C13H17FN2O3. The number of carboxylic acid groups (broad SMARTS) is 1. The second-order valence-corrected chi connectivity index (χ2v) is 4.72. The number of carboxylic acids is 1. The van der Waals surface area contributed by atoms with Gasteiger partial charge in [-0.05, 0) is 30.5 Å². The predicted molar refractivity (Wildman–Crippen MR) is 69.4 cm³/mol. The monoisotopic (exact) mass is 268 g/mol. The normalized spacial score (nSPS) is 12.3. The van der Waals surface area contributed by atoms with Crippen molar-refractivity contribution in [1.29, 1.82) is 0 Å². The summed E-state index contributed by atoms with van der Waals surface area (Å²) in [5, 5.41) is 11.4. The van der Waals surface area contributed by atoms with Gasteiger partial charge in [-0.1, -0.05) is 13.8 Å². The van der Waals surface area contributed by atoms with Gasteiger partial charge in [0, 0.05) is 0 Å². The van der Waals surface area contributed by atoms with Crippen LogP contribution in [0.4, 0.5) is 10.1 Å². The summed E-state index contributed by atoms with van der Waals surface area (Å²) in [6, 6.07) is 2.41. The highest BCUT2D eigenvalue weighted by Crippen LogP contribution is 2.17. The molecule has 0 aliphatic rings. The average Bonchev–Trinajstić information content (AvgIpc) is 2.30. The van der Waals surface area contributed by atoms with E-state index in [1.165, 1.54) is 6.07 Å². The van der Waals surface area contributed by atoms with Crippen molar-refractivity contribution in [3.8, 4) is 0 Å². The SMILES string of the molecule is CC(C)CC(N)C(=O)Nc1ccc(F)cc1C(=O)O. The summed E-state index contributed by atoms with van der Waals surface area (Å²) in [5.74, 6) is -2.23. The number of hydrogen-bond donors (Lipinski definition) is 3. The van der Waals surface area contributed by atoms with Crippen molar-refractivity contribution in [3.05, 3.63) is 29.6 Å². The van der Waals surface area contributed by atoms with Gasteiger partial charge in [-0.15, -0.1) is 0 Å². The largest absolute Gasteiger partial charge is 0.478 e. The highest BCUT2D eigenvalue weighted by Gasteiger charge is 2.18. The number of nitrogens with two attached hydrogens (primary N) is 1. The van der Waals surface area contributed by atoms with Gasteiger partial charge in [0.15, 0.2) is 0 Å². The van der Waals surface area contributed by atoms with Crippen LogP contribution < -0.4 is 11.1 Å². The standard InChI is InChI=1S/C13H17FN2O3/c1-7(2)5-10(15)12(17)16-11-4-3-8(14)6-9(11)13(18)19/h3-4,6-7,10H,5,15H2,1-2H3,(H,16,17)(H,18,19). The Bertz CT molecular complexity index is 489. The molecule has 0 aliphatic carbocycles. The van der Waals surface area contributed by atoms with Gasteiger partial charge in [-0.2, -0.15) is 0 Å². The lowest BCUT2D eigenvalue weighted by Gasteiger charge is -2.15. The molecule has 4 N–H and O–H groups in total. The van der Waals surface area contributed by atoms with Crippen molar-refractivity contribution in [2.24, 2.45) is 11.7 Å². The van der Waals surface area contributed by atoms with E-state index in [1.807, 2.05) is 13.8 Å². The maximum Gasteiger partial charge on any atom is 0.337 e.